The van der Waals surface area contributed by atoms with E-state index in [0.717, 1.165) is 30.0 Å². The van der Waals surface area contributed by atoms with Crippen molar-refractivity contribution in [2.75, 3.05) is 12.4 Å². The van der Waals surface area contributed by atoms with Crippen molar-refractivity contribution in [2.45, 2.75) is 45.6 Å². The molecule has 3 nitrogen and oxygen atoms in total. The zero-order chi connectivity index (χ0) is 14.5. The van der Waals surface area contributed by atoms with E-state index in [4.69, 9.17) is 0 Å². The summed E-state index contributed by atoms with van der Waals surface area (Å²) in [5.74, 6) is 1.15. The highest BCUT2D eigenvalue weighted by Crippen LogP contribution is 2.30. The number of anilines is 1. The minimum atomic E-state index is 0.184. The van der Waals surface area contributed by atoms with Gasteiger partial charge in [0.05, 0.1) is 0 Å². The van der Waals surface area contributed by atoms with Gasteiger partial charge in [-0.1, -0.05) is 25.1 Å². The fraction of sp³-hybridized carbons (Fsp3) is 0.588. The summed E-state index contributed by atoms with van der Waals surface area (Å²) in [7, 11) is 1.94. The van der Waals surface area contributed by atoms with Crippen LogP contribution in [0.15, 0.2) is 24.3 Å². The van der Waals surface area contributed by atoms with Gasteiger partial charge in [0.25, 0.3) is 0 Å². The van der Waals surface area contributed by atoms with Crippen molar-refractivity contribution in [3.63, 3.8) is 0 Å². The molecule has 1 fully saturated rings. The maximum Gasteiger partial charge on any atom is 0.227 e. The van der Waals surface area contributed by atoms with Gasteiger partial charge < -0.3 is 10.6 Å². The highest BCUT2D eigenvalue weighted by molar-refractivity contribution is 5.93. The van der Waals surface area contributed by atoms with Crippen molar-refractivity contribution >= 4 is 11.6 Å². The fourth-order valence-corrected chi connectivity index (χ4v) is 2.90. The fourth-order valence-electron chi connectivity index (χ4n) is 2.90. The van der Waals surface area contributed by atoms with E-state index in [2.05, 4.69) is 30.5 Å². The predicted molar refractivity (Wildman–Crippen MR) is 83.7 cm³/mol. The van der Waals surface area contributed by atoms with Crippen molar-refractivity contribution in [1.82, 2.24) is 5.32 Å². The van der Waals surface area contributed by atoms with Crippen LogP contribution in [-0.4, -0.2) is 13.0 Å². The third-order valence-corrected chi connectivity index (χ3v) is 4.50. The predicted octanol–water partition coefficient (Wildman–Crippen LogP) is 3.73. The SMILES string of the molecule is CNC(C)c1ccccc1NC(=O)C1CCC(C)CC1. The van der Waals surface area contributed by atoms with Gasteiger partial charge in [-0.3, -0.25) is 4.79 Å². The molecule has 0 aliphatic heterocycles. The van der Waals surface area contributed by atoms with Gasteiger partial charge in [0.15, 0.2) is 0 Å². The number of nitrogens with one attached hydrogen (secondary N) is 2. The van der Waals surface area contributed by atoms with E-state index >= 15 is 0 Å². The molecule has 110 valence electrons. The average Bonchev–Trinajstić information content (AvgIpc) is 2.47. The third-order valence-electron chi connectivity index (χ3n) is 4.50. The Morgan fingerprint density at radius 2 is 1.85 bits per heavy atom. The molecule has 0 heterocycles. The molecule has 2 N–H and O–H groups in total. The summed E-state index contributed by atoms with van der Waals surface area (Å²) in [5.41, 5.74) is 2.09. The summed E-state index contributed by atoms with van der Waals surface area (Å²) in [5, 5.41) is 6.36. The molecule has 1 atom stereocenters. The van der Waals surface area contributed by atoms with Gasteiger partial charge >= 0.3 is 0 Å². The molecule has 2 rings (SSSR count). The minimum absolute atomic E-state index is 0.184. The summed E-state index contributed by atoms with van der Waals surface area (Å²) in [6.45, 7) is 4.38. The van der Waals surface area contributed by atoms with Crippen molar-refractivity contribution in [3.8, 4) is 0 Å². The molecule has 1 saturated carbocycles. The Bertz CT molecular complexity index is 450. The first-order valence-electron chi connectivity index (χ1n) is 7.69. The summed E-state index contributed by atoms with van der Waals surface area (Å²) in [4.78, 5) is 12.4. The second-order valence-corrected chi connectivity index (χ2v) is 6.04. The van der Waals surface area contributed by atoms with Gasteiger partial charge in [-0.25, -0.2) is 0 Å². The number of rotatable bonds is 4. The Labute approximate surface area is 122 Å². The Morgan fingerprint density at radius 3 is 2.50 bits per heavy atom. The Morgan fingerprint density at radius 1 is 1.20 bits per heavy atom. The first-order valence-corrected chi connectivity index (χ1v) is 7.69. The molecule has 3 heteroatoms. The Kier molecular flexibility index (Phi) is 5.18. The molecule has 0 bridgehead atoms. The van der Waals surface area contributed by atoms with E-state index in [9.17, 15) is 4.79 Å². The average molecular weight is 274 g/mol. The van der Waals surface area contributed by atoms with Crippen LogP contribution in [0, 0.1) is 11.8 Å². The first-order chi connectivity index (χ1) is 9.61. The molecule has 0 aromatic heterocycles. The molecule has 20 heavy (non-hydrogen) atoms. The lowest BCUT2D eigenvalue weighted by atomic mass is 9.82. The monoisotopic (exact) mass is 274 g/mol. The van der Waals surface area contributed by atoms with Gasteiger partial charge in [-0.2, -0.15) is 0 Å². The molecule has 0 radical (unpaired) electrons. The standard InChI is InChI=1S/C17H26N2O/c1-12-8-10-14(11-9-12)17(20)19-16-7-5-4-6-15(16)13(2)18-3/h4-7,12-14,18H,8-11H2,1-3H3,(H,19,20). The molecule has 1 aliphatic rings. The van der Waals surface area contributed by atoms with E-state index < -0.39 is 0 Å². The normalized spacial score (nSPS) is 24.1. The highest BCUT2D eigenvalue weighted by Gasteiger charge is 2.24. The molecule has 0 saturated heterocycles. The Hall–Kier alpha value is -1.35. The van der Waals surface area contributed by atoms with Gasteiger partial charge in [0.1, 0.15) is 0 Å². The number of carbonyl (C=O) groups is 1. The first kappa shape index (κ1) is 15.0. The maximum absolute atomic E-state index is 12.4. The van der Waals surface area contributed by atoms with Crippen molar-refractivity contribution in [1.29, 1.82) is 0 Å². The highest BCUT2D eigenvalue weighted by atomic mass is 16.1. The number of benzene rings is 1. The van der Waals surface area contributed by atoms with Crippen LogP contribution in [0.4, 0.5) is 5.69 Å². The van der Waals surface area contributed by atoms with Crippen LogP contribution in [0.1, 0.15) is 51.1 Å². The topological polar surface area (TPSA) is 41.1 Å². The summed E-state index contributed by atoms with van der Waals surface area (Å²) in [6.07, 6.45) is 4.40. The molecule has 1 aliphatic carbocycles. The quantitative estimate of drug-likeness (QED) is 0.878. The molecule has 1 unspecified atom stereocenters. The van der Waals surface area contributed by atoms with Gasteiger partial charge in [0, 0.05) is 17.6 Å². The molecule has 1 amide bonds. The van der Waals surface area contributed by atoms with Crippen molar-refractivity contribution in [2.24, 2.45) is 11.8 Å². The zero-order valence-electron chi connectivity index (χ0n) is 12.8. The summed E-state index contributed by atoms with van der Waals surface area (Å²) in [6, 6.07) is 8.29. The van der Waals surface area contributed by atoms with Crippen LogP contribution in [0.3, 0.4) is 0 Å². The maximum atomic E-state index is 12.4. The summed E-state index contributed by atoms with van der Waals surface area (Å²) >= 11 is 0. The van der Waals surface area contributed by atoms with Crippen molar-refractivity contribution < 1.29 is 4.79 Å². The lowest BCUT2D eigenvalue weighted by Gasteiger charge is -2.26. The third kappa shape index (κ3) is 3.60. The van der Waals surface area contributed by atoms with E-state index in [1.165, 1.54) is 12.8 Å². The molecular weight excluding hydrogens is 248 g/mol. The molecule has 0 spiro atoms. The minimum Gasteiger partial charge on any atom is -0.326 e. The van der Waals surface area contributed by atoms with E-state index in [1.807, 2.05) is 25.2 Å². The number of hydrogen-bond donors (Lipinski definition) is 2. The Balaban J connectivity index is 2.04. The number of hydrogen-bond acceptors (Lipinski definition) is 2. The zero-order valence-corrected chi connectivity index (χ0v) is 12.8. The van der Waals surface area contributed by atoms with Crippen LogP contribution in [0.2, 0.25) is 0 Å². The van der Waals surface area contributed by atoms with Gasteiger partial charge in [-0.05, 0) is 57.2 Å². The second-order valence-electron chi connectivity index (χ2n) is 6.04. The number of carbonyl (C=O) groups excluding carboxylic acids is 1. The van der Waals surface area contributed by atoms with Crippen molar-refractivity contribution in [3.05, 3.63) is 29.8 Å². The van der Waals surface area contributed by atoms with Crippen LogP contribution in [0.5, 0.6) is 0 Å². The smallest absolute Gasteiger partial charge is 0.227 e. The number of para-hydroxylation sites is 1. The van der Waals surface area contributed by atoms with E-state index in [0.29, 0.717) is 0 Å². The molecular formula is C17H26N2O. The van der Waals surface area contributed by atoms with Crippen LogP contribution >= 0.6 is 0 Å². The van der Waals surface area contributed by atoms with Gasteiger partial charge in [-0.15, -0.1) is 0 Å². The van der Waals surface area contributed by atoms with Gasteiger partial charge in [0.2, 0.25) is 5.91 Å². The lowest BCUT2D eigenvalue weighted by Crippen LogP contribution is -2.27. The van der Waals surface area contributed by atoms with Crippen LogP contribution in [-0.2, 0) is 4.79 Å². The van der Waals surface area contributed by atoms with E-state index in [-0.39, 0.29) is 17.9 Å². The largest absolute Gasteiger partial charge is 0.326 e. The summed E-state index contributed by atoms with van der Waals surface area (Å²) < 4.78 is 0. The van der Waals surface area contributed by atoms with E-state index in [1.54, 1.807) is 0 Å². The number of amides is 1. The molecule has 1 aromatic rings. The molecule has 1 aromatic carbocycles. The van der Waals surface area contributed by atoms with Crippen LogP contribution in [0.25, 0.3) is 0 Å². The second kappa shape index (κ2) is 6.89. The van der Waals surface area contributed by atoms with Crippen LogP contribution < -0.4 is 10.6 Å². The lowest BCUT2D eigenvalue weighted by molar-refractivity contribution is -0.121.